The molecule has 0 unspecified atom stereocenters. The number of hydrogen-bond donors (Lipinski definition) is 2. The van der Waals surface area contributed by atoms with E-state index in [9.17, 15) is 22.8 Å². The number of carbonyl (C=O) groups is 3. The average Bonchev–Trinajstić information content (AvgIpc) is 2.88. The fourth-order valence-corrected chi connectivity index (χ4v) is 5.29. The zero-order chi connectivity index (χ0) is 21.9. The number of carbonyl (C=O) groups excluding carboxylic acids is 3. The third-order valence-electron chi connectivity index (χ3n) is 4.72. The van der Waals surface area contributed by atoms with Crippen LogP contribution in [0.15, 0.2) is 52.3 Å². The maximum atomic E-state index is 13.0. The van der Waals surface area contributed by atoms with Crippen LogP contribution >= 0.6 is 11.8 Å². The van der Waals surface area contributed by atoms with Gasteiger partial charge in [-0.05, 0) is 56.3 Å². The van der Waals surface area contributed by atoms with Gasteiger partial charge in [0.15, 0.2) is 15.6 Å². The van der Waals surface area contributed by atoms with Crippen LogP contribution in [0.2, 0.25) is 0 Å². The average molecular weight is 447 g/mol. The molecule has 2 aromatic rings. The molecule has 0 aromatic heterocycles. The fraction of sp³-hybridized carbons (Fsp3) is 0.286. The topological polar surface area (TPSA) is 109 Å². The second-order valence-electron chi connectivity index (χ2n) is 7.05. The van der Waals surface area contributed by atoms with Crippen LogP contribution in [0.1, 0.15) is 37.0 Å². The van der Waals surface area contributed by atoms with E-state index in [-0.39, 0.29) is 23.0 Å². The number of sulfone groups is 1. The summed E-state index contributed by atoms with van der Waals surface area (Å²) < 4.78 is 25.9. The molecule has 2 amide bonds. The maximum absolute atomic E-state index is 13.0. The molecule has 2 aromatic carbocycles. The number of fused-ring (bicyclic) bond motifs is 1. The third-order valence-corrected chi connectivity index (χ3v) is 7.93. The van der Waals surface area contributed by atoms with Gasteiger partial charge in [-0.25, -0.2) is 8.42 Å². The molecule has 0 saturated heterocycles. The Bertz CT molecular complexity index is 1090. The normalized spacial score (nSPS) is 14.8. The lowest BCUT2D eigenvalue weighted by Gasteiger charge is -2.15. The van der Waals surface area contributed by atoms with Crippen molar-refractivity contribution in [2.24, 2.45) is 0 Å². The SMILES string of the molecule is CC(=O)c1ccc(NC(=O)C[C@H](C)S(=O)(=O)c2ccc3c(c2)NC(=O)CCS3)cc1. The van der Waals surface area contributed by atoms with Crippen molar-refractivity contribution in [1.82, 2.24) is 0 Å². The van der Waals surface area contributed by atoms with Crippen LogP contribution in [0.4, 0.5) is 11.4 Å². The zero-order valence-corrected chi connectivity index (χ0v) is 18.2. The summed E-state index contributed by atoms with van der Waals surface area (Å²) in [6, 6.07) is 11.0. The molecule has 30 heavy (non-hydrogen) atoms. The lowest BCUT2D eigenvalue weighted by molar-refractivity contribution is -0.116. The standard InChI is InChI=1S/C21H22N2O5S2/c1-13(11-21(26)22-16-5-3-15(4-6-16)14(2)24)30(27,28)17-7-8-19-18(12-17)23-20(25)9-10-29-19/h3-8,12-13H,9-11H2,1-2H3,(H,22,26)(H,23,25)/t13-/m0/s1. The monoisotopic (exact) mass is 446 g/mol. The molecule has 1 aliphatic rings. The largest absolute Gasteiger partial charge is 0.326 e. The lowest BCUT2D eigenvalue weighted by atomic mass is 10.1. The minimum Gasteiger partial charge on any atom is -0.326 e. The Morgan fingerprint density at radius 1 is 1.17 bits per heavy atom. The van der Waals surface area contributed by atoms with Crippen LogP contribution in [-0.2, 0) is 19.4 Å². The van der Waals surface area contributed by atoms with Crippen LogP contribution < -0.4 is 10.6 Å². The molecule has 0 bridgehead atoms. The first kappa shape index (κ1) is 22.0. The first-order valence-electron chi connectivity index (χ1n) is 9.38. The molecule has 0 spiro atoms. The van der Waals surface area contributed by atoms with E-state index in [0.29, 0.717) is 29.1 Å². The van der Waals surface area contributed by atoms with Crippen molar-refractivity contribution in [2.75, 3.05) is 16.4 Å². The number of benzene rings is 2. The number of Topliss-reactive ketones (excluding diaryl/α,β-unsaturated/α-hetero) is 1. The van der Waals surface area contributed by atoms with Gasteiger partial charge in [0.1, 0.15) is 0 Å². The van der Waals surface area contributed by atoms with E-state index in [0.717, 1.165) is 4.90 Å². The Morgan fingerprint density at radius 2 is 1.87 bits per heavy atom. The molecule has 0 saturated carbocycles. The van der Waals surface area contributed by atoms with E-state index in [2.05, 4.69) is 10.6 Å². The first-order chi connectivity index (χ1) is 14.2. The van der Waals surface area contributed by atoms with Crippen molar-refractivity contribution >= 4 is 50.6 Å². The number of hydrogen-bond acceptors (Lipinski definition) is 6. The van der Waals surface area contributed by atoms with E-state index >= 15 is 0 Å². The highest BCUT2D eigenvalue weighted by Crippen LogP contribution is 2.33. The highest BCUT2D eigenvalue weighted by molar-refractivity contribution is 7.99. The van der Waals surface area contributed by atoms with Gasteiger partial charge in [-0.15, -0.1) is 11.8 Å². The van der Waals surface area contributed by atoms with Crippen LogP contribution in [0.3, 0.4) is 0 Å². The molecule has 2 N–H and O–H groups in total. The summed E-state index contributed by atoms with van der Waals surface area (Å²) in [5.74, 6) is -0.0447. The predicted molar refractivity (Wildman–Crippen MR) is 117 cm³/mol. The van der Waals surface area contributed by atoms with Crippen molar-refractivity contribution in [3.63, 3.8) is 0 Å². The van der Waals surface area contributed by atoms with E-state index in [4.69, 9.17) is 0 Å². The highest BCUT2D eigenvalue weighted by atomic mass is 32.2. The Hall–Kier alpha value is -2.65. The minimum atomic E-state index is -3.77. The fourth-order valence-electron chi connectivity index (χ4n) is 2.98. The van der Waals surface area contributed by atoms with Crippen LogP contribution in [0.25, 0.3) is 0 Å². The van der Waals surface area contributed by atoms with Crippen molar-refractivity contribution in [2.45, 2.75) is 41.7 Å². The van der Waals surface area contributed by atoms with Crippen molar-refractivity contribution in [3.8, 4) is 0 Å². The number of ketones is 1. The Balaban J connectivity index is 1.71. The molecule has 1 aliphatic heterocycles. The number of rotatable bonds is 6. The van der Waals surface area contributed by atoms with Crippen LogP contribution in [0, 0.1) is 0 Å². The summed E-state index contributed by atoms with van der Waals surface area (Å²) in [5, 5.41) is 4.43. The van der Waals surface area contributed by atoms with Gasteiger partial charge in [0.05, 0.1) is 15.8 Å². The smallest absolute Gasteiger partial charge is 0.225 e. The summed E-state index contributed by atoms with van der Waals surface area (Å²) in [7, 11) is -3.77. The molecule has 158 valence electrons. The van der Waals surface area contributed by atoms with Crippen molar-refractivity contribution < 1.29 is 22.8 Å². The Kier molecular flexibility index (Phi) is 6.62. The summed E-state index contributed by atoms with van der Waals surface area (Å²) in [5.41, 5.74) is 1.49. The first-order valence-corrected chi connectivity index (χ1v) is 11.9. The number of thioether (sulfide) groups is 1. The summed E-state index contributed by atoms with van der Waals surface area (Å²) in [4.78, 5) is 36.3. The van der Waals surface area contributed by atoms with E-state index in [1.165, 1.54) is 37.7 Å². The van der Waals surface area contributed by atoms with Crippen LogP contribution in [0.5, 0.6) is 0 Å². The van der Waals surface area contributed by atoms with Gasteiger partial charge < -0.3 is 10.6 Å². The second-order valence-corrected chi connectivity index (χ2v) is 10.5. The molecule has 0 fully saturated rings. The summed E-state index contributed by atoms with van der Waals surface area (Å²) in [6.07, 6.45) is 0.139. The molecule has 0 aliphatic carbocycles. The molecule has 3 rings (SSSR count). The van der Waals surface area contributed by atoms with Gasteiger partial charge in [-0.1, -0.05) is 0 Å². The molecule has 0 radical (unpaired) electrons. The number of amides is 2. The minimum absolute atomic E-state index is 0.0650. The third kappa shape index (κ3) is 5.09. The van der Waals surface area contributed by atoms with Gasteiger partial charge in [-0.3, -0.25) is 14.4 Å². The molecular formula is C21H22N2O5S2. The van der Waals surface area contributed by atoms with Gasteiger partial charge in [0, 0.05) is 34.7 Å². The van der Waals surface area contributed by atoms with E-state index in [1.807, 2.05) is 0 Å². The molecule has 1 atom stereocenters. The number of anilines is 2. The van der Waals surface area contributed by atoms with Crippen LogP contribution in [-0.4, -0.2) is 37.0 Å². The zero-order valence-electron chi connectivity index (χ0n) is 16.6. The van der Waals surface area contributed by atoms with Gasteiger partial charge in [-0.2, -0.15) is 0 Å². The Morgan fingerprint density at radius 3 is 2.53 bits per heavy atom. The molecule has 9 heteroatoms. The van der Waals surface area contributed by atoms with Gasteiger partial charge >= 0.3 is 0 Å². The predicted octanol–water partition coefficient (Wildman–Crippen LogP) is 3.51. The molecule has 7 nitrogen and oxygen atoms in total. The Labute approximate surface area is 179 Å². The van der Waals surface area contributed by atoms with E-state index in [1.54, 1.807) is 30.3 Å². The highest BCUT2D eigenvalue weighted by Gasteiger charge is 2.27. The lowest BCUT2D eigenvalue weighted by Crippen LogP contribution is -2.25. The van der Waals surface area contributed by atoms with Crippen molar-refractivity contribution in [1.29, 1.82) is 0 Å². The summed E-state index contributed by atoms with van der Waals surface area (Å²) >= 11 is 1.49. The maximum Gasteiger partial charge on any atom is 0.225 e. The summed E-state index contributed by atoms with van der Waals surface area (Å²) in [6.45, 7) is 2.93. The van der Waals surface area contributed by atoms with E-state index < -0.39 is 21.0 Å². The molecular weight excluding hydrogens is 424 g/mol. The van der Waals surface area contributed by atoms with Gasteiger partial charge in [0.2, 0.25) is 11.8 Å². The van der Waals surface area contributed by atoms with Gasteiger partial charge in [0.25, 0.3) is 0 Å². The number of nitrogens with one attached hydrogen (secondary N) is 2. The quantitative estimate of drug-likeness (QED) is 0.657. The second kappa shape index (κ2) is 9.01. The molecule has 1 heterocycles. The van der Waals surface area contributed by atoms with Crippen molar-refractivity contribution in [3.05, 3.63) is 48.0 Å².